The Morgan fingerprint density at radius 1 is 1.21 bits per heavy atom. The van der Waals surface area contributed by atoms with Crippen molar-refractivity contribution < 1.29 is 4.79 Å². The largest absolute Gasteiger partial charge is 0.296 e. The van der Waals surface area contributed by atoms with Gasteiger partial charge in [0.25, 0.3) is 5.91 Å². The molecule has 0 aliphatic carbocycles. The van der Waals surface area contributed by atoms with E-state index in [0.29, 0.717) is 21.6 Å². The summed E-state index contributed by atoms with van der Waals surface area (Å²) in [5.41, 5.74) is 2.00. The fourth-order valence-electron chi connectivity index (χ4n) is 2.77. The summed E-state index contributed by atoms with van der Waals surface area (Å²) in [6, 6.07) is 9.58. The van der Waals surface area contributed by atoms with E-state index in [0.717, 1.165) is 26.5 Å². The number of benzene rings is 1. The Balaban J connectivity index is 1.58. The number of aromatic nitrogens is 4. The first-order chi connectivity index (χ1) is 13.4. The first-order valence-electron chi connectivity index (χ1n) is 8.77. The molecule has 144 valence electrons. The van der Waals surface area contributed by atoms with Crippen molar-refractivity contribution in [1.29, 1.82) is 0 Å². The zero-order chi connectivity index (χ0) is 19.8. The summed E-state index contributed by atoms with van der Waals surface area (Å²) in [6.07, 6.45) is 0. The SMILES string of the molecule is Cc1nn(Cc2ccc(Cl)cc2)c2sc(C(=O)Nc3nnc(C(C)C)s3)cc12. The molecule has 0 saturated heterocycles. The number of nitrogens with one attached hydrogen (secondary N) is 1. The third-order valence-electron chi connectivity index (χ3n) is 4.23. The van der Waals surface area contributed by atoms with E-state index < -0.39 is 0 Å². The fraction of sp³-hybridized carbons (Fsp3) is 0.263. The summed E-state index contributed by atoms with van der Waals surface area (Å²) in [4.78, 5) is 14.3. The molecule has 0 aliphatic heterocycles. The van der Waals surface area contributed by atoms with Crippen LogP contribution in [0, 0.1) is 6.92 Å². The molecule has 9 heteroatoms. The third kappa shape index (κ3) is 3.80. The number of hydrogen-bond donors (Lipinski definition) is 1. The minimum atomic E-state index is -0.176. The molecule has 0 saturated carbocycles. The Hall–Kier alpha value is -2.29. The van der Waals surface area contributed by atoms with Crippen molar-refractivity contribution in [3.63, 3.8) is 0 Å². The first-order valence-corrected chi connectivity index (χ1v) is 10.8. The maximum Gasteiger partial charge on any atom is 0.267 e. The van der Waals surface area contributed by atoms with Crippen LogP contribution in [0.15, 0.2) is 30.3 Å². The highest BCUT2D eigenvalue weighted by molar-refractivity contribution is 7.20. The van der Waals surface area contributed by atoms with E-state index in [1.54, 1.807) is 0 Å². The predicted molar refractivity (Wildman–Crippen MR) is 115 cm³/mol. The summed E-state index contributed by atoms with van der Waals surface area (Å²) in [7, 11) is 0. The van der Waals surface area contributed by atoms with Crippen LogP contribution in [-0.2, 0) is 6.54 Å². The minimum Gasteiger partial charge on any atom is -0.296 e. The summed E-state index contributed by atoms with van der Waals surface area (Å²) in [5.74, 6) is 0.110. The molecule has 28 heavy (non-hydrogen) atoms. The third-order valence-corrected chi connectivity index (χ3v) is 6.77. The summed E-state index contributed by atoms with van der Waals surface area (Å²) < 4.78 is 1.93. The molecular formula is C19H18ClN5OS2. The maximum atomic E-state index is 12.7. The smallest absolute Gasteiger partial charge is 0.267 e. The molecule has 3 aromatic heterocycles. The van der Waals surface area contributed by atoms with E-state index in [1.165, 1.54) is 22.7 Å². The lowest BCUT2D eigenvalue weighted by atomic mass is 10.2. The molecule has 0 atom stereocenters. The van der Waals surface area contributed by atoms with Crippen molar-refractivity contribution in [2.24, 2.45) is 0 Å². The van der Waals surface area contributed by atoms with Gasteiger partial charge in [0.2, 0.25) is 5.13 Å². The van der Waals surface area contributed by atoms with Crippen molar-refractivity contribution in [2.75, 3.05) is 5.32 Å². The standard InChI is InChI=1S/C19H18ClN5OS2/c1-10(2)17-22-23-19(28-17)21-16(26)15-8-14-11(3)24-25(18(14)27-15)9-12-4-6-13(20)7-5-12/h4-8,10H,9H2,1-3H3,(H,21,23,26). The lowest BCUT2D eigenvalue weighted by Gasteiger charge is -2.03. The van der Waals surface area contributed by atoms with Crippen LogP contribution in [0.25, 0.3) is 10.2 Å². The van der Waals surface area contributed by atoms with Crippen LogP contribution >= 0.6 is 34.3 Å². The number of rotatable bonds is 5. The van der Waals surface area contributed by atoms with E-state index in [4.69, 9.17) is 11.6 Å². The molecule has 4 aromatic rings. The quantitative estimate of drug-likeness (QED) is 0.463. The Kier molecular flexibility index (Phi) is 5.18. The second-order valence-electron chi connectivity index (χ2n) is 6.75. The summed E-state index contributed by atoms with van der Waals surface area (Å²) >= 11 is 8.79. The van der Waals surface area contributed by atoms with Gasteiger partial charge < -0.3 is 0 Å². The molecule has 0 radical (unpaired) electrons. The van der Waals surface area contributed by atoms with E-state index in [2.05, 4.69) is 20.6 Å². The lowest BCUT2D eigenvalue weighted by Crippen LogP contribution is -2.09. The van der Waals surface area contributed by atoms with Crippen molar-refractivity contribution in [2.45, 2.75) is 33.2 Å². The van der Waals surface area contributed by atoms with Crippen molar-refractivity contribution in [3.05, 3.63) is 56.5 Å². The Morgan fingerprint density at radius 2 is 1.96 bits per heavy atom. The zero-order valence-electron chi connectivity index (χ0n) is 15.6. The number of aryl methyl sites for hydroxylation is 1. The first kappa shape index (κ1) is 19.0. The summed E-state index contributed by atoms with van der Waals surface area (Å²) in [6.45, 7) is 6.67. The van der Waals surface area contributed by atoms with Crippen molar-refractivity contribution >= 4 is 55.5 Å². The molecule has 4 rings (SSSR count). The molecule has 1 aromatic carbocycles. The topological polar surface area (TPSA) is 72.7 Å². The number of fused-ring (bicyclic) bond motifs is 1. The van der Waals surface area contributed by atoms with Crippen molar-refractivity contribution in [1.82, 2.24) is 20.0 Å². The second kappa shape index (κ2) is 7.62. The highest BCUT2D eigenvalue weighted by Gasteiger charge is 2.18. The van der Waals surface area contributed by atoms with Crippen LogP contribution in [0.3, 0.4) is 0 Å². The average Bonchev–Trinajstić information content (AvgIpc) is 3.35. The molecule has 1 N–H and O–H groups in total. The van der Waals surface area contributed by atoms with Crippen LogP contribution < -0.4 is 5.32 Å². The molecule has 6 nitrogen and oxygen atoms in total. The van der Waals surface area contributed by atoms with Gasteiger partial charge in [0.15, 0.2) is 0 Å². The average molecular weight is 432 g/mol. The number of anilines is 1. The second-order valence-corrected chi connectivity index (χ2v) is 9.23. The van der Waals surface area contributed by atoms with Gasteiger partial charge in [0, 0.05) is 16.3 Å². The number of thiophene rings is 1. The monoisotopic (exact) mass is 431 g/mol. The summed E-state index contributed by atoms with van der Waals surface area (Å²) in [5, 5.41) is 18.8. The molecule has 1 amide bonds. The highest BCUT2D eigenvalue weighted by atomic mass is 35.5. The molecule has 0 bridgehead atoms. The minimum absolute atomic E-state index is 0.176. The number of hydrogen-bond acceptors (Lipinski definition) is 6. The van der Waals surface area contributed by atoms with Crippen LogP contribution in [0.5, 0.6) is 0 Å². The lowest BCUT2D eigenvalue weighted by molar-refractivity contribution is 0.103. The number of nitrogens with zero attached hydrogens (tertiary/aromatic N) is 4. The van der Waals surface area contributed by atoms with E-state index in [1.807, 2.05) is 55.8 Å². The molecule has 0 aliphatic rings. The van der Waals surface area contributed by atoms with Gasteiger partial charge in [-0.15, -0.1) is 21.5 Å². The van der Waals surface area contributed by atoms with Crippen LogP contribution in [-0.4, -0.2) is 25.9 Å². The molecule has 0 fully saturated rings. The Morgan fingerprint density at radius 3 is 2.64 bits per heavy atom. The van der Waals surface area contributed by atoms with Gasteiger partial charge in [-0.1, -0.05) is 48.9 Å². The van der Waals surface area contributed by atoms with Crippen LogP contribution in [0.4, 0.5) is 5.13 Å². The van der Waals surface area contributed by atoms with E-state index >= 15 is 0 Å². The fourth-order valence-corrected chi connectivity index (χ4v) is 4.69. The van der Waals surface area contributed by atoms with Gasteiger partial charge >= 0.3 is 0 Å². The van der Waals surface area contributed by atoms with Gasteiger partial charge in [-0.25, -0.2) is 0 Å². The normalized spacial score (nSPS) is 11.5. The Bertz CT molecular complexity index is 1140. The number of carbonyl (C=O) groups excluding carboxylic acids is 1. The Labute approximate surface area is 175 Å². The maximum absolute atomic E-state index is 12.7. The number of halogens is 1. The van der Waals surface area contributed by atoms with Gasteiger partial charge in [-0.05, 0) is 30.7 Å². The molecule has 0 spiro atoms. The predicted octanol–water partition coefficient (Wildman–Crippen LogP) is 5.34. The van der Waals surface area contributed by atoms with Crippen LogP contribution in [0.1, 0.15) is 45.7 Å². The number of amides is 1. The van der Waals surface area contributed by atoms with E-state index in [-0.39, 0.29) is 11.8 Å². The van der Waals surface area contributed by atoms with Crippen LogP contribution in [0.2, 0.25) is 5.02 Å². The molecule has 0 unspecified atom stereocenters. The highest BCUT2D eigenvalue weighted by Crippen LogP contribution is 2.30. The van der Waals surface area contributed by atoms with E-state index in [9.17, 15) is 4.79 Å². The van der Waals surface area contributed by atoms with Gasteiger partial charge in [0.1, 0.15) is 9.84 Å². The zero-order valence-corrected chi connectivity index (χ0v) is 18.0. The van der Waals surface area contributed by atoms with Gasteiger partial charge in [-0.2, -0.15) is 5.10 Å². The number of carbonyl (C=O) groups is 1. The van der Waals surface area contributed by atoms with Gasteiger partial charge in [-0.3, -0.25) is 14.8 Å². The molecule has 3 heterocycles. The van der Waals surface area contributed by atoms with Crippen molar-refractivity contribution in [3.8, 4) is 0 Å². The van der Waals surface area contributed by atoms with Gasteiger partial charge in [0.05, 0.1) is 17.1 Å². The molecular weight excluding hydrogens is 414 g/mol.